The van der Waals surface area contributed by atoms with E-state index in [0.29, 0.717) is 11.8 Å². The SMILES string of the molecule is CC(C)CN(CC(C)C)C(=O)C1=CC=CC[CH]1. The highest BCUT2D eigenvalue weighted by Crippen LogP contribution is 2.15. The van der Waals surface area contributed by atoms with Gasteiger partial charge >= 0.3 is 0 Å². The maximum absolute atomic E-state index is 12.4. The molecule has 1 radical (unpaired) electrons. The van der Waals surface area contributed by atoms with Crippen LogP contribution >= 0.6 is 0 Å². The Balaban J connectivity index is 2.70. The molecular weight excluding hydrogens is 210 g/mol. The van der Waals surface area contributed by atoms with Crippen LogP contribution in [0, 0.1) is 18.3 Å². The maximum Gasteiger partial charge on any atom is 0.250 e. The average molecular weight is 234 g/mol. The molecule has 1 aliphatic rings. The topological polar surface area (TPSA) is 20.3 Å². The molecule has 17 heavy (non-hydrogen) atoms. The van der Waals surface area contributed by atoms with Crippen LogP contribution in [0.2, 0.25) is 0 Å². The number of carbonyl (C=O) groups is 1. The summed E-state index contributed by atoms with van der Waals surface area (Å²) in [6, 6.07) is 0. The van der Waals surface area contributed by atoms with Gasteiger partial charge in [-0.1, -0.05) is 45.9 Å². The lowest BCUT2D eigenvalue weighted by Gasteiger charge is -2.27. The van der Waals surface area contributed by atoms with Gasteiger partial charge in [-0.15, -0.1) is 0 Å². The van der Waals surface area contributed by atoms with Gasteiger partial charge in [0.1, 0.15) is 0 Å². The van der Waals surface area contributed by atoms with E-state index in [1.807, 2.05) is 23.5 Å². The van der Waals surface area contributed by atoms with E-state index in [4.69, 9.17) is 0 Å². The van der Waals surface area contributed by atoms with Gasteiger partial charge in [0, 0.05) is 25.1 Å². The Morgan fingerprint density at radius 1 is 1.24 bits per heavy atom. The summed E-state index contributed by atoms with van der Waals surface area (Å²) in [5, 5.41) is 0. The molecule has 0 saturated heterocycles. The van der Waals surface area contributed by atoms with Gasteiger partial charge in [0.05, 0.1) is 0 Å². The maximum atomic E-state index is 12.4. The number of rotatable bonds is 5. The summed E-state index contributed by atoms with van der Waals surface area (Å²) in [5.74, 6) is 1.20. The van der Waals surface area contributed by atoms with Crippen molar-refractivity contribution in [2.45, 2.75) is 34.1 Å². The van der Waals surface area contributed by atoms with Crippen molar-refractivity contribution in [2.75, 3.05) is 13.1 Å². The average Bonchev–Trinajstić information content (AvgIpc) is 2.27. The van der Waals surface area contributed by atoms with Crippen molar-refractivity contribution in [1.29, 1.82) is 0 Å². The predicted octanol–water partition coefficient (Wildman–Crippen LogP) is 3.22. The van der Waals surface area contributed by atoms with E-state index in [9.17, 15) is 4.79 Å². The van der Waals surface area contributed by atoms with Crippen molar-refractivity contribution in [3.8, 4) is 0 Å². The van der Waals surface area contributed by atoms with Gasteiger partial charge in [-0.3, -0.25) is 4.79 Å². The van der Waals surface area contributed by atoms with E-state index in [1.165, 1.54) is 0 Å². The Labute approximate surface area is 105 Å². The minimum Gasteiger partial charge on any atom is -0.338 e. The Bertz CT molecular complexity index is 303. The van der Waals surface area contributed by atoms with Gasteiger partial charge in [0.25, 0.3) is 0 Å². The fourth-order valence-corrected chi connectivity index (χ4v) is 1.98. The van der Waals surface area contributed by atoms with Crippen LogP contribution < -0.4 is 0 Å². The number of hydrogen-bond acceptors (Lipinski definition) is 1. The fourth-order valence-electron chi connectivity index (χ4n) is 1.98. The first-order chi connectivity index (χ1) is 8.00. The van der Waals surface area contributed by atoms with Crippen LogP contribution in [0.3, 0.4) is 0 Å². The molecule has 0 fully saturated rings. The molecule has 2 nitrogen and oxygen atoms in total. The molecule has 0 unspecified atom stereocenters. The Hall–Kier alpha value is -1.05. The largest absolute Gasteiger partial charge is 0.338 e. The normalized spacial score (nSPS) is 15.3. The summed E-state index contributed by atoms with van der Waals surface area (Å²) in [7, 11) is 0. The van der Waals surface area contributed by atoms with Crippen LogP contribution in [0.5, 0.6) is 0 Å². The summed E-state index contributed by atoms with van der Waals surface area (Å²) < 4.78 is 0. The summed E-state index contributed by atoms with van der Waals surface area (Å²) in [4.78, 5) is 14.3. The number of amides is 1. The van der Waals surface area contributed by atoms with Crippen molar-refractivity contribution in [3.05, 3.63) is 30.2 Å². The summed E-state index contributed by atoms with van der Waals surface area (Å²) in [6.45, 7) is 10.3. The smallest absolute Gasteiger partial charge is 0.250 e. The molecule has 0 aromatic rings. The summed E-state index contributed by atoms with van der Waals surface area (Å²) >= 11 is 0. The molecule has 0 N–H and O–H groups in total. The second-order valence-electron chi connectivity index (χ2n) is 5.49. The molecule has 0 aromatic heterocycles. The van der Waals surface area contributed by atoms with Gasteiger partial charge in [-0.05, 0) is 18.3 Å². The quantitative estimate of drug-likeness (QED) is 0.715. The third-order valence-corrected chi connectivity index (χ3v) is 2.59. The van der Waals surface area contributed by atoms with Crippen molar-refractivity contribution in [2.24, 2.45) is 11.8 Å². The summed E-state index contributed by atoms with van der Waals surface area (Å²) in [5.41, 5.74) is 0.841. The van der Waals surface area contributed by atoms with Crippen LogP contribution in [0.4, 0.5) is 0 Å². The van der Waals surface area contributed by atoms with Crippen LogP contribution in [-0.2, 0) is 4.79 Å². The second kappa shape index (κ2) is 6.63. The lowest BCUT2D eigenvalue weighted by Crippen LogP contribution is -2.38. The number of hydrogen-bond donors (Lipinski definition) is 0. The van der Waals surface area contributed by atoms with Gasteiger partial charge in [-0.2, -0.15) is 0 Å². The van der Waals surface area contributed by atoms with Gasteiger partial charge in [0.2, 0.25) is 5.91 Å². The Morgan fingerprint density at radius 3 is 2.24 bits per heavy atom. The van der Waals surface area contributed by atoms with E-state index in [2.05, 4.69) is 33.8 Å². The van der Waals surface area contributed by atoms with Crippen molar-refractivity contribution in [1.82, 2.24) is 4.90 Å². The molecule has 0 atom stereocenters. The molecule has 0 aromatic carbocycles. The first kappa shape index (κ1) is 14.0. The molecule has 0 heterocycles. The molecule has 1 amide bonds. The monoisotopic (exact) mass is 234 g/mol. The zero-order valence-corrected chi connectivity index (χ0v) is 11.4. The van der Waals surface area contributed by atoms with Crippen molar-refractivity contribution >= 4 is 5.91 Å². The second-order valence-corrected chi connectivity index (χ2v) is 5.49. The van der Waals surface area contributed by atoms with Gasteiger partial charge in [0.15, 0.2) is 0 Å². The molecule has 0 aliphatic heterocycles. The third kappa shape index (κ3) is 4.76. The van der Waals surface area contributed by atoms with Crippen LogP contribution in [-0.4, -0.2) is 23.9 Å². The first-order valence-electron chi connectivity index (χ1n) is 6.50. The molecular formula is C15H24NO. The van der Waals surface area contributed by atoms with Crippen molar-refractivity contribution in [3.63, 3.8) is 0 Å². The zero-order valence-electron chi connectivity index (χ0n) is 11.4. The van der Waals surface area contributed by atoms with E-state index in [-0.39, 0.29) is 5.91 Å². The Kier molecular flexibility index (Phi) is 5.46. The van der Waals surface area contributed by atoms with E-state index in [0.717, 1.165) is 25.1 Å². The lowest BCUT2D eigenvalue weighted by atomic mass is 10.0. The fraction of sp³-hybridized carbons (Fsp3) is 0.600. The first-order valence-corrected chi connectivity index (χ1v) is 6.50. The van der Waals surface area contributed by atoms with E-state index in [1.54, 1.807) is 0 Å². The van der Waals surface area contributed by atoms with Crippen LogP contribution in [0.15, 0.2) is 23.8 Å². The van der Waals surface area contributed by atoms with Gasteiger partial charge in [-0.25, -0.2) is 0 Å². The van der Waals surface area contributed by atoms with E-state index < -0.39 is 0 Å². The number of allylic oxidation sites excluding steroid dienone is 3. The number of carbonyl (C=O) groups excluding carboxylic acids is 1. The minimum absolute atomic E-state index is 0.178. The molecule has 0 bridgehead atoms. The third-order valence-electron chi connectivity index (χ3n) is 2.59. The molecule has 1 aliphatic carbocycles. The molecule has 0 saturated carbocycles. The van der Waals surface area contributed by atoms with Crippen LogP contribution in [0.1, 0.15) is 34.1 Å². The molecule has 0 spiro atoms. The predicted molar refractivity (Wildman–Crippen MR) is 72.4 cm³/mol. The summed E-state index contributed by atoms with van der Waals surface area (Å²) in [6.07, 6.45) is 8.83. The highest BCUT2D eigenvalue weighted by molar-refractivity contribution is 5.96. The lowest BCUT2D eigenvalue weighted by molar-refractivity contribution is -0.128. The standard InChI is InChI=1S/C15H24NO/c1-12(2)10-16(11-13(3)4)15(17)14-8-6-5-7-9-14/h5-6,8-9,12-13H,7,10-11H2,1-4H3. The van der Waals surface area contributed by atoms with E-state index >= 15 is 0 Å². The molecule has 95 valence electrons. The number of nitrogens with zero attached hydrogens (tertiary/aromatic N) is 1. The zero-order chi connectivity index (χ0) is 12.8. The Morgan fingerprint density at radius 2 is 1.82 bits per heavy atom. The highest BCUT2D eigenvalue weighted by Gasteiger charge is 2.20. The molecule has 1 rings (SSSR count). The van der Waals surface area contributed by atoms with Crippen LogP contribution in [0.25, 0.3) is 0 Å². The van der Waals surface area contributed by atoms with Gasteiger partial charge < -0.3 is 4.90 Å². The highest BCUT2D eigenvalue weighted by atomic mass is 16.2. The molecule has 2 heteroatoms. The van der Waals surface area contributed by atoms with Crippen molar-refractivity contribution < 1.29 is 4.79 Å². The minimum atomic E-state index is 0.178.